The lowest BCUT2D eigenvalue weighted by Gasteiger charge is -2.27. The molecule has 1 aromatic rings. The molecule has 0 unspecified atom stereocenters. The molecule has 0 N–H and O–H groups in total. The van der Waals surface area contributed by atoms with Crippen LogP contribution in [0.3, 0.4) is 0 Å². The van der Waals surface area contributed by atoms with Crippen molar-refractivity contribution < 1.29 is 14.2 Å². The van der Waals surface area contributed by atoms with Gasteiger partial charge in [-0.3, -0.25) is 0 Å². The highest BCUT2D eigenvalue weighted by atomic mass is 35.5. The van der Waals surface area contributed by atoms with Gasteiger partial charge >= 0.3 is 0 Å². The van der Waals surface area contributed by atoms with Crippen molar-refractivity contribution in [3.8, 4) is 0 Å². The average Bonchev–Trinajstić information content (AvgIpc) is 2.84. The minimum atomic E-state index is -0.499. The zero-order valence-electron chi connectivity index (χ0n) is 11.5. The number of fused-ring (bicyclic) bond motifs is 5. The molecule has 3 nitrogen and oxygen atoms in total. The SMILES string of the molecule is CC1(C)O[C@@H]2[C@H](O1)[C@H]1CC(c3ccc(Cl)cc3)=C[C@@H]2O1. The van der Waals surface area contributed by atoms with Gasteiger partial charge in [-0.2, -0.15) is 0 Å². The van der Waals surface area contributed by atoms with Gasteiger partial charge in [0, 0.05) is 11.4 Å². The fraction of sp³-hybridized carbons (Fsp3) is 0.500. The van der Waals surface area contributed by atoms with E-state index >= 15 is 0 Å². The molecule has 106 valence electrons. The maximum atomic E-state index is 5.99. The van der Waals surface area contributed by atoms with Crippen molar-refractivity contribution in [1.82, 2.24) is 0 Å². The second-order valence-electron chi connectivity index (χ2n) is 6.11. The minimum absolute atomic E-state index is 0.00815. The van der Waals surface area contributed by atoms with Crippen molar-refractivity contribution in [2.45, 2.75) is 50.5 Å². The fourth-order valence-corrected chi connectivity index (χ4v) is 3.50. The molecule has 3 heterocycles. The van der Waals surface area contributed by atoms with E-state index in [1.807, 2.05) is 26.0 Å². The molecular formula is C16H17ClO3. The molecule has 4 atom stereocenters. The van der Waals surface area contributed by atoms with Gasteiger partial charge < -0.3 is 14.2 Å². The summed E-state index contributed by atoms with van der Waals surface area (Å²) in [5.74, 6) is -0.499. The lowest BCUT2D eigenvalue weighted by molar-refractivity contribution is -0.182. The van der Waals surface area contributed by atoms with Crippen LogP contribution in [0.15, 0.2) is 30.3 Å². The number of benzene rings is 1. The second-order valence-corrected chi connectivity index (χ2v) is 6.54. The summed E-state index contributed by atoms with van der Waals surface area (Å²) in [6.45, 7) is 3.93. The van der Waals surface area contributed by atoms with Gasteiger partial charge in [0.2, 0.25) is 0 Å². The Labute approximate surface area is 123 Å². The van der Waals surface area contributed by atoms with Crippen molar-refractivity contribution in [1.29, 1.82) is 0 Å². The topological polar surface area (TPSA) is 27.7 Å². The summed E-state index contributed by atoms with van der Waals surface area (Å²) in [5.41, 5.74) is 2.49. The van der Waals surface area contributed by atoms with E-state index in [9.17, 15) is 0 Å². The van der Waals surface area contributed by atoms with Crippen LogP contribution in [0.5, 0.6) is 0 Å². The number of halogens is 1. The average molecular weight is 293 g/mol. The van der Waals surface area contributed by atoms with Crippen LogP contribution < -0.4 is 0 Å². The molecule has 2 fully saturated rings. The van der Waals surface area contributed by atoms with Crippen LogP contribution >= 0.6 is 11.6 Å². The molecule has 0 aliphatic carbocycles. The van der Waals surface area contributed by atoms with Crippen molar-refractivity contribution in [3.63, 3.8) is 0 Å². The predicted octanol–water partition coefficient (Wildman–Crippen LogP) is 3.41. The third-order valence-corrected chi connectivity index (χ3v) is 4.44. The summed E-state index contributed by atoms with van der Waals surface area (Å²) in [6, 6.07) is 7.96. The Morgan fingerprint density at radius 3 is 2.55 bits per heavy atom. The van der Waals surface area contributed by atoms with Gasteiger partial charge in [-0.25, -0.2) is 0 Å². The summed E-state index contributed by atoms with van der Waals surface area (Å²) in [7, 11) is 0. The van der Waals surface area contributed by atoms with Crippen molar-refractivity contribution in [3.05, 3.63) is 40.9 Å². The molecule has 0 spiro atoms. The molecule has 4 heteroatoms. The third kappa shape index (κ3) is 2.01. The first-order chi connectivity index (χ1) is 9.52. The lowest BCUT2D eigenvalue weighted by Crippen LogP contribution is -2.30. The molecule has 0 amide bonds. The van der Waals surface area contributed by atoms with Crippen molar-refractivity contribution in [2.24, 2.45) is 0 Å². The standard InChI is InChI=1S/C16H17ClO3/c1-16(2)19-14-12-7-10(8-13(18-12)15(14)20-16)9-3-5-11(17)6-4-9/h3-7,12-15H,8H2,1-2H3/t12-,13+,14-,15+/m0/s1. The molecule has 0 saturated carbocycles. The molecule has 0 aromatic heterocycles. The molecule has 3 aliphatic rings. The Hall–Kier alpha value is -0.870. The molecular weight excluding hydrogens is 276 g/mol. The van der Waals surface area contributed by atoms with Gasteiger partial charge in [-0.15, -0.1) is 0 Å². The van der Waals surface area contributed by atoms with E-state index in [1.54, 1.807) is 0 Å². The zero-order valence-corrected chi connectivity index (χ0v) is 12.3. The van der Waals surface area contributed by atoms with Gasteiger partial charge in [0.05, 0.1) is 6.10 Å². The van der Waals surface area contributed by atoms with Crippen LogP contribution in [0, 0.1) is 0 Å². The molecule has 4 rings (SSSR count). The predicted molar refractivity (Wildman–Crippen MR) is 76.5 cm³/mol. The van der Waals surface area contributed by atoms with Gasteiger partial charge in [0.15, 0.2) is 5.79 Å². The van der Waals surface area contributed by atoms with Gasteiger partial charge in [-0.05, 0) is 43.2 Å². The van der Waals surface area contributed by atoms with Crippen molar-refractivity contribution >= 4 is 17.2 Å². The highest BCUT2D eigenvalue weighted by molar-refractivity contribution is 6.30. The zero-order chi connectivity index (χ0) is 13.9. The summed E-state index contributed by atoms with van der Waals surface area (Å²) in [6.07, 6.45) is 3.16. The van der Waals surface area contributed by atoms with Gasteiger partial charge in [0.25, 0.3) is 0 Å². The Balaban J connectivity index is 1.63. The first-order valence-electron chi connectivity index (χ1n) is 7.00. The van der Waals surface area contributed by atoms with Crippen molar-refractivity contribution in [2.75, 3.05) is 0 Å². The third-order valence-electron chi connectivity index (χ3n) is 4.19. The van der Waals surface area contributed by atoms with E-state index in [1.165, 1.54) is 11.1 Å². The summed E-state index contributed by atoms with van der Waals surface area (Å²) >= 11 is 5.95. The Kier molecular flexibility index (Phi) is 2.77. The van der Waals surface area contributed by atoms with Crippen LogP contribution in [0.1, 0.15) is 25.8 Å². The van der Waals surface area contributed by atoms with Crippen LogP contribution in [-0.2, 0) is 14.2 Å². The van der Waals surface area contributed by atoms with E-state index in [0.29, 0.717) is 0 Å². The van der Waals surface area contributed by atoms with E-state index in [0.717, 1.165) is 11.4 Å². The smallest absolute Gasteiger partial charge is 0.164 e. The Morgan fingerprint density at radius 1 is 1.10 bits per heavy atom. The highest BCUT2D eigenvalue weighted by Gasteiger charge is 2.56. The Morgan fingerprint density at radius 2 is 1.80 bits per heavy atom. The summed E-state index contributed by atoms with van der Waals surface area (Å²) in [5, 5.41) is 0.759. The molecule has 1 aromatic carbocycles. The second kappa shape index (κ2) is 4.31. The van der Waals surface area contributed by atoms with Crippen LogP contribution in [0.2, 0.25) is 5.02 Å². The summed E-state index contributed by atoms with van der Waals surface area (Å²) < 4.78 is 17.9. The normalized spacial score (nSPS) is 37.6. The monoisotopic (exact) mass is 292 g/mol. The van der Waals surface area contributed by atoms with Crippen LogP contribution in [0.25, 0.3) is 5.57 Å². The lowest BCUT2D eigenvalue weighted by atomic mass is 9.98. The molecule has 2 bridgehead atoms. The van der Waals surface area contributed by atoms with Gasteiger partial charge in [-0.1, -0.05) is 23.7 Å². The molecule has 3 aliphatic heterocycles. The van der Waals surface area contributed by atoms with E-state index in [-0.39, 0.29) is 24.4 Å². The largest absolute Gasteiger partial charge is 0.365 e. The minimum Gasteiger partial charge on any atom is -0.365 e. The first kappa shape index (κ1) is 12.8. The number of hydrogen-bond acceptors (Lipinski definition) is 3. The van der Waals surface area contributed by atoms with Crippen LogP contribution in [0.4, 0.5) is 0 Å². The van der Waals surface area contributed by atoms with E-state index in [4.69, 9.17) is 25.8 Å². The number of hydrogen-bond donors (Lipinski definition) is 0. The highest BCUT2D eigenvalue weighted by Crippen LogP contribution is 2.45. The maximum Gasteiger partial charge on any atom is 0.164 e. The van der Waals surface area contributed by atoms with E-state index < -0.39 is 5.79 Å². The molecule has 2 saturated heterocycles. The van der Waals surface area contributed by atoms with Gasteiger partial charge in [0.1, 0.15) is 18.3 Å². The molecule has 20 heavy (non-hydrogen) atoms. The number of rotatable bonds is 1. The summed E-state index contributed by atoms with van der Waals surface area (Å²) in [4.78, 5) is 0. The fourth-order valence-electron chi connectivity index (χ4n) is 3.38. The first-order valence-corrected chi connectivity index (χ1v) is 7.37. The van der Waals surface area contributed by atoms with Crippen LogP contribution in [-0.4, -0.2) is 30.2 Å². The number of ether oxygens (including phenoxy) is 3. The quantitative estimate of drug-likeness (QED) is 0.794. The molecule has 0 radical (unpaired) electrons. The maximum absolute atomic E-state index is 5.99. The van der Waals surface area contributed by atoms with E-state index in [2.05, 4.69) is 18.2 Å². The Bertz CT molecular complexity index is 564.